The maximum Gasteiger partial charge on any atom is 0.120 e. The quantitative estimate of drug-likeness (QED) is 0.835. The number of fused-ring (bicyclic) bond motifs is 1. The average Bonchev–Trinajstić information content (AvgIpc) is 2.84. The summed E-state index contributed by atoms with van der Waals surface area (Å²) in [6.45, 7) is 2.28. The molecule has 0 N–H and O–H groups in total. The molecule has 3 rings (SSSR count). The number of benzene rings is 1. The Balaban J connectivity index is 2.00. The van der Waals surface area contributed by atoms with E-state index in [9.17, 15) is 0 Å². The Morgan fingerprint density at radius 1 is 1.32 bits per heavy atom. The van der Waals surface area contributed by atoms with Gasteiger partial charge in [0.15, 0.2) is 0 Å². The third-order valence-electron chi connectivity index (χ3n) is 3.98. The van der Waals surface area contributed by atoms with Crippen molar-refractivity contribution in [3.63, 3.8) is 0 Å². The zero-order valence-corrected chi connectivity index (χ0v) is 12.9. The van der Waals surface area contributed by atoms with E-state index < -0.39 is 0 Å². The van der Waals surface area contributed by atoms with Crippen LogP contribution < -0.4 is 4.74 Å². The molecule has 1 aromatic carbocycles. The van der Waals surface area contributed by atoms with Gasteiger partial charge in [0.2, 0.25) is 0 Å². The Morgan fingerprint density at radius 2 is 2.05 bits per heavy atom. The van der Waals surface area contributed by atoms with Gasteiger partial charge in [0.25, 0.3) is 0 Å². The monoisotopic (exact) mass is 323 g/mol. The Morgan fingerprint density at radius 3 is 2.74 bits per heavy atom. The van der Waals surface area contributed by atoms with Gasteiger partial charge in [0.1, 0.15) is 11.5 Å². The predicted octanol–water partition coefficient (Wildman–Crippen LogP) is 4.01. The van der Waals surface area contributed by atoms with Crippen LogP contribution in [0.3, 0.4) is 0 Å². The summed E-state index contributed by atoms with van der Waals surface area (Å²) in [5, 5.41) is 2.32. The smallest absolute Gasteiger partial charge is 0.120 e. The van der Waals surface area contributed by atoms with Gasteiger partial charge in [0, 0.05) is 21.2 Å². The lowest BCUT2D eigenvalue weighted by molar-refractivity contribution is 0.241. The number of nitrogens with zero attached hydrogens (tertiary/aromatic N) is 1. The van der Waals surface area contributed by atoms with Crippen LogP contribution in [0.15, 0.2) is 27.3 Å². The third-order valence-corrected chi connectivity index (χ3v) is 4.60. The van der Waals surface area contributed by atoms with Gasteiger partial charge in [-0.05, 0) is 61.0 Å². The van der Waals surface area contributed by atoms with E-state index in [1.807, 2.05) is 18.4 Å². The lowest BCUT2D eigenvalue weighted by atomic mass is 9.92. The molecule has 0 saturated carbocycles. The number of methoxy groups -OCH3 is 1. The van der Waals surface area contributed by atoms with Gasteiger partial charge in [0.05, 0.1) is 13.4 Å². The van der Waals surface area contributed by atoms with Crippen molar-refractivity contribution in [3.05, 3.63) is 28.6 Å². The second-order valence-corrected chi connectivity index (χ2v) is 6.11. The first kappa shape index (κ1) is 13.0. The summed E-state index contributed by atoms with van der Waals surface area (Å²) in [5.74, 6) is 2.51. The molecule has 0 radical (unpaired) electrons. The number of piperidine rings is 1. The van der Waals surface area contributed by atoms with Crippen LogP contribution >= 0.6 is 15.9 Å². The molecule has 0 atom stereocenters. The number of ether oxygens (including phenoxy) is 1. The van der Waals surface area contributed by atoms with E-state index >= 15 is 0 Å². The normalized spacial score (nSPS) is 18.1. The molecule has 4 heteroatoms. The van der Waals surface area contributed by atoms with Crippen molar-refractivity contribution in [2.24, 2.45) is 0 Å². The van der Waals surface area contributed by atoms with E-state index in [1.165, 1.54) is 5.39 Å². The van der Waals surface area contributed by atoms with Gasteiger partial charge in [-0.2, -0.15) is 0 Å². The summed E-state index contributed by atoms with van der Waals surface area (Å²) in [6.07, 6.45) is 4.17. The number of rotatable bonds is 2. The zero-order valence-electron chi connectivity index (χ0n) is 11.3. The first-order valence-electron chi connectivity index (χ1n) is 6.62. The van der Waals surface area contributed by atoms with Gasteiger partial charge in [-0.15, -0.1) is 0 Å². The summed E-state index contributed by atoms with van der Waals surface area (Å²) in [7, 11) is 3.86. The number of hydrogen-bond acceptors (Lipinski definition) is 3. The van der Waals surface area contributed by atoms with E-state index in [0.29, 0.717) is 5.92 Å². The Bertz CT molecular complexity index is 585. The molecule has 0 amide bonds. The van der Waals surface area contributed by atoms with Crippen molar-refractivity contribution in [3.8, 4) is 5.75 Å². The molecule has 102 valence electrons. The Kier molecular flexibility index (Phi) is 3.54. The molecule has 2 aromatic rings. The first-order valence-corrected chi connectivity index (χ1v) is 7.41. The second kappa shape index (κ2) is 5.17. The highest BCUT2D eigenvalue weighted by molar-refractivity contribution is 9.10. The summed E-state index contributed by atoms with van der Waals surface area (Å²) >= 11 is 3.65. The van der Waals surface area contributed by atoms with E-state index in [4.69, 9.17) is 9.15 Å². The largest absolute Gasteiger partial charge is 0.497 e. The number of likely N-dealkylation sites (tertiary alicyclic amines) is 1. The molecule has 19 heavy (non-hydrogen) atoms. The van der Waals surface area contributed by atoms with Crippen molar-refractivity contribution < 1.29 is 9.15 Å². The number of halogens is 1. The maximum absolute atomic E-state index is 5.87. The molecule has 1 aliphatic rings. The van der Waals surface area contributed by atoms with Gasteiger partial charge >= 0.3 is 0 Å². The van der Waals surface area contributed by atoms with Crippen LogP contribution in [0.1, 0.15) is 24.5 Å². The summed E-state index contributed by atoms with van der Waals surface area (Å²) < 4.78 is 12.2. The predicted molar refractivity (Wildman–Crippen MR) is 79.9 cm³/mol. The van der Waals surface area contributed by atoms with Crippen LogP contribution in [-0.4, -0.2) is 32.1 Å². The molecule has 1 saturated heterocycles. The molecule has 2 heterocycles. The lowest BCUT2D eigenvalue weighted by Gasteiger charge is -2.27. The first-order chi connectivity index (χ1) is 9.19. The van der Waals surface area contributed by atoms with Gasteiger partial charge in [-0.25, -0.2) is 0 Å². The summed E-state index contributed by atoms with van der Waals surface area (Å²) in [6, 6.07) is 4.04. The van der Waals surface area contributed by atoms with E-state index in [2.05, 4.69) is 27.9 Å². The van der Waals surface area contributed by atoms with E-state index in [-0.39, 0.29) is 0 Å². The van der Waals surface area contributed by atoms with Gasteiger partial charge in [-0.1, -0.05) is 0 Å². The highest BCUT2D eigenvalue weighted by Gasteiger charge is 2.24. The minimum Gasteiger partial charge on any atom is -0.497 e. The van der Waals surface area contributed by atoms with E-state index in [0.717, 1.165) is 47.3 Å². The average molecular weight is 324 g/mol. The molecule has 0 unspecified atom stereocenters. The Hall–Kier alpha value is -1.00. The van der Waals surface area contributed by atoms with Crippen LogP contribution in [0.25, 0.3) is 10.8 Å². The fourth-order valence-corrected chi connectivity index (χ4v) is 3.48. The fraction of sp³-hybridized carbons (Fsp3) is 0.467. The number of furan rings is 1. The molecule has 1 aromatic heterocycles. The van der Waals surface area contributed by atoms with Crippen molar-refractivity contribution in [1.82, 2.24) is 4.90 Å². The van der Waals surface area contributed by atoms with Crippen LogP contribution in [0.4, 0.5) is 0 Å². The van der Waals surface area contributed by atoms with Crippen LogP contribution in [0.2, 0.25) is 0 Å². The standard InChI is InChI=1S/C15H18BrNO2/c1-17-5-3-10(4-6-17)15-14-11(9-19-15)7-12(18-2)8-13(14)16/h7-10H,3-6H2,1-2H3. The summed E-state index contributed by atoms with van der Waals surface area (Å²) in [5.41, 5.74) is 0. The zero-order chi connectivity index (χ0) is 13.4. The van der Waals surface area contributed by atoms with Crippen molar-refractivity contribution >= 4 is 26.7 Å². The molecule has 0 aliphatic carbocycles. The summed E-state index contributed by atoms with van der Waals surface area (Å²) in [4.78, 5) is 2.37. The van der Waals surface area contributed by atoms with Crippen LogP contribution in [0, 0.1) is 0 Å². The van der Waals surface area contributed by atoms with E-state index in [1.54, 1.807) is 7.11 Å². The number of hydrogen-bond donors (Lipinski definition) is 0. The van der Waals surface area contributed by atoms with Crippen LogP contribution in [-0.2, 0) is 0 Å². The molecular weight excluding hydrogens is 306 g/mol. The molecule has 1 fully saturated rings. The highest BCUT2D eigenvalue weighted by atomic mass is 79.9. The molecule has 1 aliphatic heterocycles. The van der Waals surface area contributed by atoms with Crippen molar-refractivity contribution in [2.45, 2.75) is 18.8 Å². The molecule has 0 bridgehead atoms. The SMILES string of the molecule is COc1cc(Br)c2c(C3CCN(C)CC3)occ2c1. The van der Waals surface area contributed by atoms with Crippen LogP contribution in [0.5, 0.6) is 5.75 Å². The molecule has 3 nitrogen and oxygen atoms in total. The van der Waals surface area contributed by atoms with Crippen molar-refractivity contribution in [2.75, 3.05) is 27.2 Å². The van der Waals surface area contributed by atoms with Gasteiger partial charge in [-0.3, -0.25) is 0 Å². The topological polar surface area (TPSA) is 25.6 Å². The third kappa shape index (κ3) is 2.39. The molecular formula is C15H18BrNO2. The fourth-order valence-electron chi connectivity index (χ4n) is 2.83. The van der Waals surface area contributed by atoms with Gasteiger partial charge < -0.3 is 14.1 Å². The van der Waals surface area contributed by atoms with Crippen molar-refractivity contribution in [1.29, 1.82) is 0 Å². The Labute approximate surface area is 121 Å². The molecule has 0 spiro atoms. The lowest BCUT2D eigenvalue weighted by Crippen LogP contribution is -2.29. The minimum absolute atomic E-state index is 0.526. The maximum atomic E-state index is 5.87. The second-order valence-electron chi connectivity index (χ2n) is 5.25. The highest BCUT2D eigenvalue weighted by Crippen LogP contribution is 2.39. The minimum atomic E-state index is 0.526.